The van der Waals surface area contributed by atoms with Crippen molar-refractivity contribution in [3.8, 4) is 0 Å². The molecule has 0 radical (unpaired) electrons. The molecule has 0 aliphatic heterocycles. The van der Waals surface area contributed by atoms with Crippen LogP contribution in [-0.4, -0.2) is 21.8 Å². The highest BCUT2D eigenvalue weighted by atomic mass is 35.5. The summed E-state index contributed by atoms with van der Waals surface area (Å²) in [6.45, 7) is 3.85. The molecule has 0 spiro atoms. The van der Waals surface area contributed by atoms with E-state index >= 15 is 0 Å². The van der Waals surface area contributed by atoms with Crippen molar-refractivity contribution in [3.63, 3.8) is 0 Å². The summed E-state index contributed by atoms with van der Waals surface area (Å²) in [6.07, 6.45) is 0. The number of aromatic nitrogens is 1. The zero-order valence-electron chi connectivity index (χ0n) is 10.0. The molecule has 0 bridgehead atoms. The maximum Gasteiger partial charge on any atom is 0.340 e. The van der Waals surface area contributed by atoms with Crippen molar-refractivity contribution in [2.24, 2.45) is 0 Å². The van der Waals surface area contributed by atoms with Crippen LogP contribution in [0.3, 0.4) is 0 Å². The van der Waals surface area contributed by atoms with Crippen molar-refractivity contribution in [2.45, 2.75) is 18.9 Å². The largest absolute Gasteiger partial charge is 0.478 e. The first-order chi connectivity index (χ1) is 8.56. The van der Waals surface area contributed by atoms with Gasteiger partial charge in [0, 0.05) is 5.39 Å². The molecule has 1 aromatic heterocycles. The van der Waals surface area contributed by atoms with Crippen molar-refractivity contribution in [1.82, 2.24) is 4.98 Å². The number of thioether (sulfide) groups is 1. The van der Waals surface area contributed by atoms with Gasteiger partial charge in [-0.2, -0.15) is 0 Å². The molecule has 3 nitrogen and oxygen atoms in total. The Hall–Kier alpha value is -1.26. The van der Waals surface area contributed by atoms with Crippen molar-refractivity contribution >= 4 is 40.2 Å². The van der Waals surface area contributed by atoms with Gasteiger partial charge >= 0.3 is 5.97 Å². The number of hydrogen-bond donors (Lipinski definition) is 1. The smallest absolute Gasteiger partial charge is 0.340 e. The molecule has 1 N–H and O–H groups in total. The standard InChI is InChI=1S/C13H12ClNO2S/c1-3-18-12-10(13(16)17)11(14)9-7(2)5-4-6-8(9)15-12/h4-6H,3H2,1-2H3,(H,16,17). The van der Waals surface area contributed by atoms with E-state index in [-0.39, 0.29) is 10.6 Å². The van der Waals surface area contributed by atoms with E-state index in [0.717, 1.165) is 22.2 Å². The Labute approximate surface area is 114 Å². The molecule has 0 aliphatic rings. The van der Waals surface area contributed by atoms with E-state index in [1.807, 2.05) is 32.0 Å². The second kappa shape index (κ2) is 5.16. The fourth-order valence-electron chi connectivity index (χ4n) is 1.84. The molecule has 0 saturated heterocycles. The lowest BCUT2D eigenvalue weighted by atomic mass is 10.1. The van der Waals surface area contributed by atoms with Crippen molar-refractivity contribution in [3.05, 3.63) is 34.3 Å². The predicted molar refractivity (Wildman–Crippen MR) is 74.8 cm³/mol. The number of nitrogens with zero attached hydrogens (tertiary/aromatic N) is 1. The maximum atomic E-state index is 11.3. The van der Waals surface area contributed by atoms with Gasteiger partial charge in [-0.25, -0.2) is 9.78 Å². The van der Waals surface area contributed by atoms with Gasteiger partial charge in [-0.05, 0) is 24.3 Å². The molecule has 94 valence electrons. The summed E-state index contributed by atoms with van der Waals surface area (Å²) >= 11 is 7.64. The number of carboxylic acids is 1. The normalized spacial score (nSPS) is 10.8. The Morgan fingerprint density at radius 1 is 1.50 bits per heavy atom. The number of aromatic carboxylic acids is 1. The third-order valence-electron chi connectivity index (χ3n) is 2.62. The van der Waals surface area contributed by atoms with Crippen LogP contribution in [-0.2, 0) is 0 Å². The highest BCUT2D eigenvalue weighted by molar-refractivity contribution is 7.99. The molecule has 5 heteroatoms. The Morgan fingerprint density at radius 2 is 2.22 bits per heavy atom. The molecule has 1 aromatic carbocycles. The molecule has 0 unspecified atom stereocenters. The van der Waals surface area contributed by atoms with Gasteiger partial charge in [0.15, 0.2) is 0 Å². The molecule has 2 rings (SSSR count). The average Bonchev–Trinajstić information content (AvgIpc) is 2.28. The number of hydrogen-bond acceptors (Lipinski definition) is 3. The van der Waals surface area contributed by atoms with Gasteiger partial charge < -0.3 is 5.11 Å². The minimum atomic E-state index is -1.03. The van der Waals surface area contributed by atoms with Crippen molar-refractivity contribution in [2.75, 3.05) is 5.75 Å². The molecular formula is C13H12ClNO2S. The quantitative estimate of drug-likeness (QED) is 0.864. The number of rotatable bonds is 3. The number of halogens is 1. The molecule has 2 aromatic rings. The van der Waals surface area contributed by atoms with Gasteiger partial charge in [0.2, 0.25) is 0 Å². The molecular weight excluding hydrogens is 270 g/mol. The summed E-state index contributed by atoms with van der Waals surface area (Å²) in [5, 5.41) is 10.8. The zero-order chi connectivity index (χ0) is 13.3. The lowest BCUT2D eigenvalue weighted by Gasteiger charge is -2.10. The van der Waals surface area contributed by atoms with Crippen molar-refractivity contribution in [1.29, 1.82) is 0 Å². The third kappa shape index (κ3) is 2.18. The number of carbonyl (C=O) groups is 1. The number of benzene rings is 1. The first kappa shape index (κ1) is 13.2. The van der Waals surface area contributed by atoms with E-state index < -0.39 is 5.97 Å². The van der Waals surface area contributed by atoms with Crippen molar-refractivity contribution < 1.29 is 9.90 Å². The van der Waals surface area contributed by atoms with Crippen LogP contribution < -0.4 is 0 Å². The monoisotopic (exact) mass is 281 g/mol. The summed E-state index contributed by atoms with van der Waals surface area (Å²) in [4.78, 5) is 15.7. The first-order valence-corrected chi connectivity index (χ1v) is 6.87. The summed E-state index contributed by atoms with van der Waals surface area (Å²) in [6, 6.07) is 5.63. The minimum absolute atomic E-state index is 0.102. The summed E-state index contributed by atoms with van der Waals surface area (Å²) in [7, 11) is 0. The number of carboxylic acid groups (broad SMARTS) is 1. The maximum absolute atomic E-state index is 11.3. The lowest BCUT2D eigenvalue weighted by molar-refractivity contribution is 0.0692. The van der Waals surface area contributed by atoms with E-state index in [2.05, 4.69) is 4.98 Å². The first-order valence-electron chi connectivity index (χ1n) is 5.51. The van der Waals surface area contributed by atoms with Crippen LogP contribution in [0.25, 0.3) is 10.9 Å². The highest BCUT2D eigenvalue weighted by Crippen LogP contribution is 2.34. The summed E-state index contributed by atoms with van der Waals surface area (Å²) in [5.74, 6) is -0.283. The fourth-order valence-corrected chi connectivity index (χ4v) is 3.08. The second-order valence-electron chi connectivity index (χ2n) is 3.81. The number of aryl methyl sites for hydroxylation is 1. The Bertz CT molecular complexity index is 628. The zero-order valence-corrected chi connectivity index (χ0v) is 11.6. The number of pyridine rings is 1. The Balaban J connectivity index is 2.86. The van der Waals surface area contributed by atoms with E-state index in [4.69, 9.17) is 11.6 Å². The van der Waals surface area contributed by atoms with Crippen LogP contribution in [0.2, 0.25) is 5.02 Å². The molecule has 0 atom stereocenters. The van der Waals surface area contributed by atoms with Crippen LogP contribution in [0, 0.1) is 6.92 Å². The second-order valence-corrected chi connectivity index (χ2v) is 5.44. The SMILES string of the molecule is CCSc1nc2cccc(C)c2c(Cl)c1C(=O)O. The molecule has 18 heavy (non-hydrogen) atoms. The fraction of sp³-hybridized carbons (Fsp3) is 0.231. The van der Waals surface area contributed by atoms with Crippen LogP contribution in [0.5, 0.6) is 0 Å². The van der Waals surface area contributed by atoms with E-state index in [9.17, 15) is 9.90 Å². The van der Waals surface area contributed by atoms with Gasteiger partial charge in [-0.15, -0.1) is 11.8 Å². The summed E-state index contributed by atoms with van der Waals surface area (Å²) < 4.78 is 0. The molecule has 0 fully saturated rings. The third-order valence-corrected chi connectivity index (χ3v) is 3.86. The van der Waals surface area contributed by atoms with Crippen LogP contribution in [0.1, 0.15) is 22.8 Å². The predicted octanol–water partition coefficient (Wildman–Crippen LogP) is 4.01. The summed E-state index contributed by atoms with van der Waals surface area (Å²) in [5.41, 5.74) is 1.77. The van der Waals surface area contributed by atoms with Gasteiger partial charge in [-0.3, -0.25) is 0 Å². The average molecular weight is 282 g/mol. The van der Waals surface area contributed by atoms with E-state index in [1.165, 1.54) is 11.8 Å². The molecule has 0 amide bonds. The molecule has 0 saturated carbocycles. The molecule has 0 aliphatic carbocycles. The minimum Gasteiger partial charge on any atom is -0.478 e. The van der Waals surface area contributed by atoms with Gasteiger partial charge in [-0.1, -0.05) is 30.7 Å². The van der Waals surface area contributed by atoms with Crippen LogP contribution in [0.4, 0.5) is 0 Å². The highest BCUT2D eigenvalue weighted by Gasteiger charge is 2.20. The van der Waals surface area contributed by atoms with E-state index in [0.29, 0.717) is 5.03 Å². The Morgan fingerprint density at radius 3 is 2.83 bits per heavy atom. The van der Waals surface area contributed by atoms with Gasteiger partial charge in [0.25, 0.3) is 0 Å². The van der Waals surface area contributed by atoms with Gasteiger partial charge in [0.05, 0.1) is 10.5 Å². The van der Waals surface area contributed by atoms with E-state index in [1.54, 1.807) is 0 Å². The van der Waals surface area contributed by atoms with Crippen LogP contribution in [0.15, 0.2) is 23.2 Å². The number of fused-ring (bicyclic) bond motifs is 1. The molecule has 1 heterocycles. The lowest BCUT2D eigenvalue weighted by Crippen LogP contribution is -2.04. The topological polar surface area (TPSA) is 50.2 Å². The Kier molecular flexibility index (Phi) is 3.78. The van der Waals surface area contributed by atoms with Gasteiger partial charge in [0.1, 0.15) is 10.6 Å². The van der Waals surface area contributed by atoms with Crippen LogP contribution >= 0.6 is 23.4 Å².